The number of benzene rings is 1. The van der Waals surface area contributed by atoms with E-state index in [0.29, 0.717) is 31.6 Å². The summed E-state index contributed by atoms with van der Waals surface area (Å²) >= 11 is 0. The van der Waals surface area contributed by atoms with Crippen molar-refractivity contribution in [3.63, 3.8) is 0 Å². The molecule has 0 saturated carbocycles. The number of rotatable bonds is 4. The summed E-state index contributed by atoms with van der Waals surface area (Å²) in [5, 5.41) is 30.5. The molecule has 9 heteroatoms. The molecule has 0 radical (unpaired) electrons. The zero-order valence-corrected chi connectivity index (χ0v) is 19.3. The number of cyclic esters (lactones) is 1. The number of hydrogen-bond donors (Lipinski definition) is 4. The van der Waals surface area contributed by atoms with E-state index >= 15 is 0 Å². The summed E-state index contributed by atoms with van der Waals surface area (Å²) in [7, 11) is 0. The first-order chi connectivity index (χ1) is 16.3. The van der Waals surface area contributed by atoms with E-state index in [1.165, 1.54) is 12.1 Å². The molecule has 3 rings (SSSR count). The number of aromatic hydroxyl groups is 2. The Kier molecular flexibility index (Phi) is 9.12. The fourth-order valence-electron chi connectivity index (χ4n) is 3.79. The van der Waals surface area contributed by atoms with E-state index in [9.17, 15) is 24.9 Å². The van der Waals surface area contributed by atoms with Crippen LogP contribution in [-0.2, 0) is 14.4 Å². The Morgan fingerprint density at radius 3 is 2.71 bits per heavy atom. The highest BCUT2D eigenvalue weighted by Crippen LogP contribution is 2.30. The van der Waals surface area contributed by atoms with E-state index in [2.05, 4.69) is 5.48 Å². The van der Waals surface area contributed by atoms with Crippen LogP contribution in [0.1, 0.15) is 54.9 Å². The number of esters is 1. The standard InChI is InChI=1S/C25H32N2O7/c1-17-7-5-9-20(28)10-6-8-19(26-33-16-23(31)27-11-3-2-4-12-27)13-18-14-21(29)15-22(30)24(18)25(32)34-17/h5-6,8-9,13-15,17,20,26,28-30H,2-4,7,10-12,16H2,1H3/b8-6?,9-5?,19-13-/t17-,20-/m1/s1. The number of fused-ring (bicyclic) bond motifs is 1. The van der Waals surface area contributed by atoms with Gasteiger partial charge in [-0.15, -0.1) is 0 Å². The summed E-state index contributed by atoms with van der Waals surface area (Å²) in [6.07, 6.45) is 10.7. The van der Waals surface area contributed by atoms with Crippen molar-refractivity contribution >= 4 is 18.0 Å². The Bertz CT molecular complexity index is 964. The number of phenols is 2. The fraction of sp³-hybridized carbons (Fsp3) is 0.440. The van der Waals surface area contributed by atoms with Crippen molar-refractivity contribution < 1.29 is 34.5 Å². The van der Waals surface area contributed by atoms with Crippen LogP contribution in [0.5, 0.6) is 11.5 Å². The van der Waals surface area contributed by atoms with Crippen LogP contribution in [0.2, 0.25) is 0 Å². The Morgan fingerprint density at radius 2 is 1.94 bits per heavy atom. The van der Waals surface area contributed by atoms with Crippen molar-refractivity contribution in [2.45, 2.75) is 51.2 Å². The fourth-order valence-corrected chi connectivity index (χ4v) is 3.79. The molecule has 0 spiro atoms. The molecule has 2 aliphatic rings. The average molecular weight is 473 g/mol. The lowest BCUT2D eigenvalue weighted by molar-refractivity contribution is -0.139. The van der Waals surface area contributed by atoms with Crippen LogP contribution in [0.4, 0.5) is 0 Å². The normalized spacial score (nSPS) is 23.3. The van der Waals surface area contributed by atoms with Gasteiger partial charge in [0.15, 0.2) is 6.61 Å². The monoisotopic (exact) mass is 472 g/mol. The molecule has 0 aromatic heterocycles. The van der Waals surface area contributed by atoms with Crippen LogP contribution in [-0.4, -0.2) is 64.0 Å². The Labute approximate surface area is 198 Å². The van der Waals surface area contributed by atoms with Crippen LogP contribution in [0.25, 0.3) is 6.08 Å². The topological polar surface area (TPSA) is 129 Å². The first-order valence-electron chi connectivity index (χ1n) is 11.5. The van der Waals surface area contributed by atoms with Crippen LogP contribution in [0.15, 0.2) is 42.1 Å². The van der Waals surface area contributed by atoms with Crippen LogP contribution < -0.4 is 5.48 Å². The van der Waals surface area contributed by atoms with Crippen molar-refractivity contribution in [1.82, 2.24) is 10.4 Å². The maximum Gasteiger partial charge on any atom is 0.342 e. The second-order valence-electron chi connectivity index (χ2n) is 8.45. The van der Waals surface area contributed by atoms with Crippen LogP contribution in [0, 0.1) is 0 Å². The molecule has 184 valence electrons. The average Bonchev–Trinajstić information content (AvgIpc) is 2.78. The number of piperidine rings is 1. The second-order valence-corrected chi connectivity index (χ2v) is 8.45. The van der Waals surface area contributed by atoms with Gasteiger partial charge in [0, 0.05) is 25.6 Å². The highest BCUT2D eigenvalue weighted by molar-refractivity contribution is 5.97. The number of hydroxylamine groups is 1. The maximum absolute atomic E-state index is 12.8. The lowest BCUT2D eigenvalue weighted by Gasteiger charge is -2.26. The van der Waals surface area contributed by atoms with Crippen molar-refractivity contribution in [3.05, 3.63) is 53.3 Å². The number of allylic oxidation sites excluding steroid dienone is 1. The first kappa shape index (κ1) is 25.3. The summed E-state index contributed by atoms with van der Waals surface area (Å²) in [5.74, 6) is -1.55. The molecule has 9 nitrogen and oxygen atoms in total. The number of carbonyl (C=O) groups excluding carboxylic acids is 2. The van der Waals surface area contributed by atoms with E-state index in [0.717, 1.165) is 25.3 Å². The van der Waals surface area contributed by atoms with E-state index in [4.69, 9.17) is 9.57 Å². The predicted octanol–water partition coefficient (Wildman–Crippen LogP) is 2.78. The summed E-state index contributed by atoms with van der Waals surface area (Å²) in [6.45, 7) is 2.94. The molecule has 1 aromatic carbocycles. The molecule has 1 aromatic rings. The number of nitrogens with zero attached hydrogens (tertiary/aromatic N) is 1. The van der Waals surface area contributed by atoms with Gasteiger partial charge >= 0.3 is 5.97 Å². The molecule has 0 aliphatic carbocycles. The predicted molar refractivity (Wildman–Crippen MR) is 126 cm³/mol. The van der Waals surface area contributed by atoms with Crippen molar-refractivity contribution in [2.75, 3.05) is 19.7 Å². The molecule has 1 fully saturated rings. The highest BCUT2D eigenvalue weighted by Gasteiger charge is 2.21. The Morgan fingerprint density at radius 1 is 1.18 bits per heavy atom. The second kappa shape index (κ2) is 12.2. The van der Waals surface area contributed by atoms with Crippen molar-refractivity contribution in [3.8, 4) is 11.5 Å². The third-order valence-electron chi connectivity index (χ3n) is 5.55. The van der Waals surface area contributed by atoms with Gasteiger partial charge in [0.1, 0.15) is 23.2 Å². The Balaban J connectivity index is 1.85. The summed E-state index contributed by atoms with van der Waals surface area (Å²) in [5.41, 5.74) is 3.13. The zero-order valence-electron chi connectivity index (χ0n) is 19.3. The summed E-state index contributed by atoms with van der Waals surface area (Å²) < 4.78 is 5.43. The van der Waals surface area contributed by atoms with Gasteiger partial charge in [0.25, 0.3) is 5.91 Å². The molecule has 0 bridgehead atoms. The number of ether oxygens (including phenoxy) is 1. The number of carbonyl (C=O) groups is 2. The molecule has 2 heterocycles. The summed E-state index contributed by atoms with van der Waals surface area (Å²) in [6, 6.07) is 2.38. The number of aliphatic hydroxyl groups excluding tert-OH is 1. The third-order valence-corrected chi connectivity index (χ3v) is 5.55. The first-order valence-corrected chi connectivity index (χ1v) is 11.5. The minimum atomic E-state index is -0.758. The third kappa shape index (κ3) is 7.36. The van der Waals surface area contributed by atoms with Gasteiger partial charge < -0.3 is 25.0 Å². The lowest BCUT2D eigenvalue weighted by atomic mass is 10.0. The van der Waals surface area contributed by atoms with Gasteiger partial charge in [-0.2, -0.15) is 0 Å². The number of hydrogen-bond acceptors (Lipinski definition) is 8. The molecule has 1 saturated heterocycles. The number of nitrogens with one attached hydrogen (secondary N) is 1. The summed E-state index contributed by atoms with van der Waals surface area (Å²) in [4.78, 5) is 32.3. The molecular formula is C25H32N2O7. The SMILES string of the molecule is C[C@@H]1CC=C[C@@H](O)CC=C/C(NOCC(=O)N2CCCCC2)=C/c2cc(O)cc(O)c2C(=O)O1. The quantitative estimate of drug-likeness (QED) is 0.299. The van der Waals surface area contributed by atoms with Gasteiger partial charge in [-0.25, -0.2) is 4.79 Å². The van der Waals surface area contributed by atoms with Crippen LogP contribution in [0.3, 0.4) is 0 Å². The molecule has 0 unspecified atom stereocenters. The minimum Gasteiger partial charge on any atom is -0.508 e. The van der Waals surface area contributed by atoms with Crippen molar-refractivity contribution in [1.29, 1.82) is 0 Å². The van der Waals surface area contributed by atoms with Crippen LogP contribution >= 0.6 is 0 Å². The number of phenolic OH excluding ortho intramolecular Hbond substituents is 2. The van der Waals surface area contributed by atoms with Gasteiger partial charge in [-0.1, -0.05) is 18.2 Å². The van der Waals surface area contributed by atoms with Gasteiger partial charge in [0.05, 0.1) is 11.8 Å². The van der Waals surface area contributed by atoms with Gasteiger partial charge in [0.2, 0.25) is 0 Å². The smallest absolute Gasteiger partial charge is 0.342 e. The zero-order chi connectivity index (χ0) is 24.5. The van der Waals surface area contributed by atoms with Crippen molar-refractivity contribution in [2.24, 2.45) is 0 Å². The number of likely N-dealkylation sites (tertiary alicyclic amines) is 1. The number of amides is 1. The Hall–Kier alpha value is -3.30. The van der Waals surface area contributed by atoms with E-state index in [1.54, 1.807) is 36.1 Å². The van der Waals surface area contributed by atoms with E-state index in [1.807, 2.05) is 0 Å². The molecule has 1 amide bonds. The molecule has 34 heavy (non-hydrogen) atoms. The molecule has 4 N–H and O–H groups in total. The maximum atomic E-state index is 12.8. The number of aliphatic hydroxyl groups is 1. The largest absolute Gasteiger partial charge is 0.508 e. The molecule has 2 atom stereocenters. The highest BCUT2D eigenvalue weighted by atomic mass is 16.6. The lowest BCUT2D eigenvalue weighted by Crippen LogP contribution is -2.39. The van der Waals surface area contributed by atoms with E-state index in [-0.39, 0.29) is 29.4 Å². The van der Waals surface area contributed by atoms with Gasteiger partial charge in [-0.05, 0) is 56.4 Å². The molecular weight excluding hydrogens is 440 g/mol. The molecule has 2 aliphatic heterocycles. The van der Waals surface area contributed by atoms with E-state index < -0.39 is 23.9 Å². The minimum absolute atomic E-state index is 0.109. The van der Waals surface area contributed by atoms with Gasteiger partial charge in [-0.3, -0.25) is 15.1 Å².